The molecule has 2 rings (SSSR count). The lowest BCUT2D eigenvalue weighted by Gasteiger charge is -2.10. The Kier molecular flexibility index (Phi) is 4.45. The molecule has 0 bridgehead atoms. The summed E-state index contributed by atoms with van der Waals surface area (Å²) >= 11 is 9.37. The summed E-state index contributed by atoms with van der Waals surface area (Å²) in [6, 6.07) is 12.5. The number of urea groups is 1. The monoisotopic (exact) mass is 338 g/mol. The molecule has 0 radical (unpaired) electrons. The molecule has 2 N–H and O–H groups in total. The summed E-state index contributed by atoms with van der Waals surface area (Å²) in [5, 5.41) is 5.97. The first-order valence-electron chi connectivity index (χ1n) is 5.65. The van der Waals surface area contributed by atoms with Gasteiger partial charge in [-0.2, -0.15) is 0 Å². The van der Waals surface area contributed by atoms with E-state index in [2.05, 4.69) is 26.6 Å². The van der Waals surface area contributed by atoms with Gasteiger partial charge in [0.15, 0.2) is 0 Å². The molecule has 0 unspecified atom stereocenters. The summed E-state index contributed by atoms with van der Waals surface area (Å²) in [4.78, 5) is 11.9. The lowest BCUT2D eigenvalue weighted by atomic mass is 10.2. The van der Waals surface area contributed by atoms with Crippen LogP contribution in [0.4, 0.5) is 16.2 Å². The number of carbonyl (C=O) groups is 1. The van der Waals surface area contributed by atoms with E-state index in [1.807, 2.05) is 37.3 Å². The number of aryl methyl sites for hydroxylation is 1. The van der Waals surface area contributed by atoms with Crippen molar-refractivity contribution >= 4 is 44.9 Å². The topological polar surface area (TPSA) is 41.1 Å². The van der Waals surface area contributed by atoms with E-state index in [0.29, 0.717) is 16.4 Å². The molecule has 2 aromatic carbocycles. The third-order valence-electron chi connectivity index (χ3n) is 2.49. The van der Waals surface area contributed by atoms with Crippen molar-refractivity contribution in [3.63, 3.8) is 0 Å². The van der Waals surface area contributed by atoms with Crippen LogP contribution in [0.25, 0.3) is 0 Å². The van der Waals surface area contributed by atoms with Gasteiger partial charge in [0.1, 0.15) is 0 Å². The average molecular weight is 340 g/mol. The summed E-state index contributed by atoms with van der Waals surface area (Å²) < 4.78 is 0.826. The van der Waals surface area contributed by atoms with Crippen LogP contribution in [0.3, 0.4) is 0 Å². The Labute approximate surface area is 125 Å². The predicted octanol–water partition coefficient (Wildman–Crippen LogP) is 5.05. The number of hydrogen-bond acceptors (Lipinski definition) is 1. The molecule has 2 amide bonds. The van der Waals surface area contributed by atoms with E-state index in [0.717, 1.165) is 10.0 Å². The Balaban J connectivity index is 2.10. The zero-order valence-electron chi connectivity index (χ0n) is 10.2. The third-order valence-corrected chi connectivity index (χ3v) is 3.51. The van der Waals surface area contributed by atoms with Gasteiger partial charge in [0.05, 0.1) is 16.4 Å². The summed E-state index contributed by atoms with van der Waals surface area (Å²) in [6.07, 6.45) is 0. The number of nitrogens with one attached hydrogen (secondary N) is 2. The van der Waals surface area contributed by atoms with Gasteiger partial charge in [0, 0.05) is 4.47 Å². The molecule has 0 atom stereocenters. The standard InChI is InChI=1S/C14H12BrClN2O/c1-9-6-7-10(15)13(8-9)18-14(19)17-12-5-3-2-4-11(12)16/h2-8H,1H3,(H2,17,18,19). The summed E-state index contributed by atoms with van der Waals surface area (Å²) in [7, 11) is 0. The SMILES string of the molecule is Cc1ccc(Br)c(NC(=O)Nc2ccccc2Cl)c1. The van der Waals surface area contributed by atoms with Crippen molar-refractivity contribution in [1.29, 1.82) is 0 Å². The first kappa shape index (κ1) is 13.9. The van der Waals surface area contributed by atoms with E-state index in [9.17, 15) is 4.79 Å². The Bertz CT molecular complexity index is 616. The van der Waals surface area contributed by atoms with Gasteiger partial charge in [0.25, 0.3) is 0 Å². The molecule has 0 heterocycles. The molecular weight excluding hydrogens is 328 g/mol. The number of carbonyl (C=O) groups excluding carboxylic acids is 1. The van der Waals surface area contributed by atoms with Gasteiger partial charge in [-0.25, -0.2) is 4.79 Å². The number of hydrogen-bond donors (Lipinski definition) is 2. The number of rotatable bonds is 2. The molecule has 0 saturated carbocycles. The summed E-state index contributed by atoms with van der Waals surface area (Å²) in [6.45, 7) is 1.96. The van der Waals surface area contributed by atoms with Crippen molar-refractivity contribution in [1.82, 2.24) is 0 Å². The van der Waals surface area contributed by atoms with Crippen LogP contribution in [0.2, 0.25) is 5.02 Å². The molecule has 0 spiro atoms. The molecule has 0 fully saturated rings. The number of para-hydroxylation sites is 1. The number of anilines is 2. The lowest BCUT2D eigenvalue weighted by molar-refractivity contribution is 0.262. The van der Waals surface area contributed by atoms with Crippen molar-refractivity contribution in [3.05, 3.63) is 57.5 Å². The molecule has 0 aliphatic carbocycles. The number of amides is 2. The van der Waals surface area contributed by atoms with E-state index in [-0.39, 0.29) is 6.03 Å². The van der Waals surface area contributed by atoms with Crippen LogP contribution in [-0.2, 0) is 0 Å². The van der Waals surface area contributed by atoms with Crippen LogP contribution in [0, 0.1) is 6.92 Å². The van der Waals surface area contributed by atoms with Gasteiger partial charge >= 0.3 is 6.03 Å². The predicted molar refractivity (Wildman–Crippen MR) is 83.0 cm³/mol. The van der Waals surface area contributed by atoms with Gasteiger partial charge in [-0.05, 0) is 52.7 Å². The molecule has 0 aliphatic heterocycles. The van der Waals surface area contributed by atoms with Crippen LogP contribution in [0.5, 0.6) is 0 Å². The van der Waals surface area contributed by atoms with Crippen molar-refractivity contribution in [2.75, 3.05) is 10.6 Å². The fourth-order valence-corrected chi connectivity index (χ4v) is 2.10. The molecule has 98 valence electrons. The van der Waals surface area contributed by atoms with E-state index in [4.69, 9.17) is 11.6 Å². The van der Waals surface area contributed by atoms with Gasteiger partial charge in [-0.15, -0.1) is 0 Å². The maximum atomic E-state index is 11.9. The summed E-state index contributed by atoms with van der Waals surface area (Å²) in [5.74, 6) is 0. The Morgan fingerprint density at radius 2 is 1.79 bits per heavy atom. The summed E-state index contributed by atoms with van der Waals surface area (Å²) in [5.41, 5.74) is 2.35. The molecule has 2 aromatic rings. The Morgan fingerprint density at radius 1 is 1.11 bits per heavy atom. The van der Waals surface area contributed by atoms with Gasteiger partial charge in [-0.1, -0.05) is 29.8 Å². The number of benzene rings is 2. The van der Waals surface area contributed by atoms with E-state index in [1.54, 1.807) is 12.1 Å². The zero-order chi connectivity index (χ0) is 13.8. The molecule has 5 heteroatoms. The third kappa shape index (κ3) is 3.72. The zero-order valence-corrected chi connectivity index (χ0v) is 12.5. The molecule has 3 nitrogen and oxygen atoms in total. The van der Waals surface area contributed by atoms with Crippen molar-refractivity contribution in [3.8, 4) is 0 Å². The minimum atomic E-state index is -0.334. The van der Waals surface area contributed by atoms with Gasteiger partial charge < -0.3 is 10.6 Å². The minimum Gasteiger partial charge on any atom is -0.307 e. The van der Waals surface area contributed by atoms with E-state index >= 15 is 0 Å². The van der Waals surface area contributed by atoms with Gasteiger partial charge in [0.2, 0.25) is 0 Å². The minimum absolute atomic E-state index is 0.334. The van der Waals surface area contributed by atoms with Crippen LogP contribution >= 0.6 is 27.5 Å². The molecular formula is C14H12BrClN2O. The van der Waals surface area contributed by atoms with Crippen LogP contribution in [0.1, 0.15) is 5.56 Å². The van der Waals surface area contributed by atoms with Crippen molar-refractivity contribution in [2.24, 2.45) is 0 Å². The van der Waals surface area contributed by atoms with Crippen LogP contribution < -0.4 is 10.6 Å². The molecule has 0 aromatic heterocycles. The first-order chi connectivity index (χ1) is 9.06. The lowest BCUT2D eigenvalue weighted by Crippen LogP contribution is -2.19. The van der Waals surface area contributed by atoms with Gasteiger partial charge in [-0.3, -0.25) is 0 Å². The van der Waals surface area contributed by atoms with Crippen molar-refractivity contribution in [2.45, 2.75) is 6.92 Å². The maximum absolute atomic E-state index is 11.9. The second-order valence-corrected chi connectivity index (χ2v) is 5.30. The highest BCUT2D eigenvalue weighted by molar-refractivity contribution is 9.10. The highest BCUT2D eigenvalue weighted by atomic mass is 79.9. The fourth-order valence-electron chi connectivity index (χ4n) is 1.57. The average Bonchev–Trinajstić information content (AvgIpc) is 2.37. The second kappa shape index (κ2) is 6.08. The van der Waals surface area contributed by atoms with Crippen molar-refractivity contribution < 1.29 is 4.79 Å². The highest BCUT2D eigenvalue weighted by Crippen LogP contribution is 2.24. The van der Waals surface area contributed by atoms with E-state index in [1.165, 1.54) is 0 Å². The first-order valence-corrected chi connectivity index (χ1v) is 6.82. The maximum Gasteiger partial charge on any atom is 0.323 e. The second-order valence-electron chi connectivity index (χ2n) is 4.04. The normalized spacial score (nSPS) is 10.1. The molecule has 0 aliphatic rings. The fraction of sp³-hybridized carbons (Fsp3) is 0.0714. The quantitative estimate of drug-likeness (QED) is 0.789. The molecule has 19 heavy (non-hydrogen) atoms. The smallest absolute Gasteiger partial charge is 0.307 e. The number of halogens is 2. The Morgan fingerprint density at radius 3 is 2.53 bits per heavy atom. The van der Waals surface area contributed by atoms with E-state index < -0.39 is 0 Å². The Hall–Kier alpha value is -1.52. The van der Waals surface area contributed by atoms with Crippen LogP contribution in [-0.4, -0.2) is 6.03 Å². The van der Waals surface area contributed by atoms with Crippen LogP contribution in [0.15, 0.2) is 46.9 Å². The molecule has 0 saturated heterocycles. The largest absolute Gasteiger partial charge is 0.323 e. The highest BCUT2D eigenvalue weighted by Gasteiger charge is 2.07.